The van der Waals surface area contributed by atoms with Crippen molar-refractivity contribution in [2.75, 3.05) is 11.1 Å². The molecular weight excluding hydrogens is 334 g/mol. The molecule has 0 radical (unpaired) electrons. The van der Waals surface area contributed by atoms with Crippen LogP contribution in [0.4, 0.5) is 5.69 Å². The van der Waals surface area contributed by atoms with Crippen LogP contribution in [0.25, 0.3) is 0 Å². The summed E-state index contributed by atoms with van der Waals surface area (Å²) < 4.78 is 2.15. The van der Waals surface area contributed by atoms with E-state index in [1.165, 1.54) is 24.6 Å². The van der Waals surface area contributed by atoms with Crippen LogP contribution in [0.5, 0.6) is 0 Å². The van der Waals surface area contributed by atoms with Gasteiger partial charge in [0.15, 0.2) is 10.3 Å². The smallest absolute Gasteiger partial charge is 0.234 e. The Morgan fingerprint density at radius 3 is 3.00 bits per heavy atom. The third-order valence-electron chi connectivity index (χ3n) is 3.50. The molecule has 0 unspecified atom stereocenters. The molecule has 23 heavy (non-hydrogen) atoms. The number of amides is 1. The van der Waals surface area contributed by atoms with E-state index in [0.717, 1.165) is 23.9 Å². The van der Waals surface area contributed by atoms with Crippen molar-refractivity contribution in [2.24, 2.45) is 0 Å². The predicted molar refractivity (Wildman–Crippen MR) is 90.9 cm³/mol. The first-order valence-electron chi connectivity index (χ1n) is 7.65. The van der Waals surface area contributed by atoms with Crippen molar-refractivity contribution in [3.8, 4) is 0 Å². The molecule has 0 aromatic carbocycles. The number of nitrogens with one attached hydrogen (secondary N) is 1. The Morgan fingerprint density at radius 2 is 2.30 bits per heavy atom. The Bertz CT molecular complexity index is 701. The highest BCUT2D eigenvalue weighted by atomic mass is 35.5. The summed E-state index contributed by atoms with van der Waals surface area (Å²) in [4.78, 5) is 16.0. The number of nitrogens with zero attached hydrogens (tertiary/aromatic N) is 4. The second-order valence-electron chi connectivity index (χ2n) is 5.45. The van der Waals surface area contributed by atoms with Crippen LogP contribution in [0, 0.1) is 0 Å². The summed E-state index contributed by atoms with van der Waals surface area (Å²) in [6.07, 6.45) is 4.97. The lowest BCUT2D eigenvalue weighted by molar-refractivity contribution is -0.113. The Hall–Kier alpha value is -1.60. The number of thioether (sulfide) groups is 1. The quantitative estimate of drug-likeness (QED) is 0.611. The summed E-state index contributed by atoms with van der Waals surface area (Å²) in [5.41, 5.74) is 0.522. The fourth-order valence-corrected chi connectivity index (χ4v) is 3.22. The minimum Gasteiger partial charge on any atom is -0.323 e. The summed E-state index contributed by atoms with van der Waals surface area (Å²) in [6, 6.07) is 3.46. The zero-order valence-electron chi connectivity index (χ0n) is 12.8. The highest BCUT2D eigenvalue weighted by Gasteiger charge is 2.30. The van der Waals surface area contributed by atoms with Crippen LogP contribution in [0.2, 0.25) is 5.15 Å². The largest absolute Gasteiger partial charge is 0.323 e. The minimum atomic E-state index is -0.135. The van der Waals surface area contributed by atoms with Gasteiger partial charge in [0.2, 0.25) is 5.91 Å². The predicted octanol–water partition coefficient (Wildman–Crippen LogP) is 3.34. The topological polar surface area (TPSA) is 72.7 Å². The number of carbonyl (C=O) groups excluding carboxylic acids is 1. The van der Waals surface area contributed by atoms with E-state index in [0.29, 0.717) is 11.6 Å². The molecule has 0 aliphatic heterocycles. The van der Waals surface area contributed by atoms with E-state index in [9.17, 15) is 4.79 Å². The van der Waals surface area contributed by atoms with Crippen LogP contribution >= 0.6 is 23.4 Å². The van der Waals surface area contributed by atoms with Gasteiger partial charge in [-0.2, -0.15) is 0 Å². The number of rotatable bonds is 7. The van der Waals surface area contributed by atoms with E-state index in [1.54, 1.807) is 18.3 Å². The molecule has 2 aromatic rings. The van der Waals surface area contributed by atoms with E-state index in [1.807, 2.05) is 0 Å². The summed E-state index contributed by atoms with van der Waals surface area (Å²) in [5.74, 6) is 1.73. The molecule has 0 bridgehead atoms. The molecular formula is C15H18ClN5OS. The number of halogens is 1. The Labute approximate surface area is 144 Å². The Kier molecular flexibility index (Phi) is 5.17. The number of hydrogen-bond donors (Lipinski definition) is 1. The van der Waals surface area contributed by atoms with E-state index in [4.69, 9.17) is 11.6 Å². The van der Waals surface area contributed by atoms with Gasteiger partial charge >= 0.3 is 0 Å². The van der Waals surface area contributed by atoms with Crippen molar-refractivity contribution in [2.45, 2.75) is 43.8 Å². The normalized spacial score (nSPS) is 14.0. The number of aromatic nitrogens is 4. The van der Waals surface area contributed by atoms with Crippen molar-refractivity contribution >= 4 is 35.0 Å². The lowest BCUT2D eigenvalue weighted by Crippen LogP contribution is -2.15. The average molecular weight is 352 g/mol. The molecule has 122 valence electrons. The maximum absolute atomic E-state index is 12.1. The molecule has 8 heteroatoms. The van der Waals surface area contributed by atoms with Crippen LogP contribution in [0.1, 0.15) is 37.9 Å². The zero-order valence-corrected chi connectivity index (χ0v) is 14.4. The van der Waals surface area contributed by atoms with Gasteiger partial charge in [0.05, 0.1) is 11.4 Å². The summed E-state index contributed by atoms with van der Waals surface area (Å²) in [5, 5.41) is 12.4. The third-order valence-corrected chi connectivity index (χ3v) is 4.77. The van der Waals surface area contributed by atoms with Gasteiger partial charge in [0.1, 0.15) is 5.82 Å². The molecule has 1 aliphatic carbocycles. The molecule has 2 aromatic heterocycles. The first-order valence-corrected chi connectivity index (χ1v) is 9.01. The fraction of sp³-hybridized carbons (Fsp3) is 0.467. The van der Waals surface area contributed by atoms with Crippen LogP contribution in [-0.2, 0) is 11.3 Å². The lowest BCUT2D eigenvalue weighted by atomic mass is 10.4. The van der Waals surface area contributed by atoms with Crippen molar-refractivity contribution in [3.05, 3.63) is 29.3 Å². The number of anilines is 1. The molecule has 1 N–H and O–H groups in total. The molecule has 2 heterocycles. The van der Waals surface area contributed by atoms with Crippen molar-refractivity contribution in [1.29, 1.82) is 0 Å². The summed E-state index contributed by atoms with van der Waals surface area (Å²) in [7, 11) is 0. The standard InChI is InChI=1S/C15H18ClN5OS/c1-2-8-21-14(10-5-6-10)19-20-15(21)23-9-12(22)18-11-4-3-7-17-13(11)16/h3-4,7,10H,2,5-6,8-9H2,1H3,(H,18,22). The van der Waals surface area contributed by atoms with Crippen molar-refractivity contribution in [3.63, 3.8) is 0 Å². The van der Waals surface area contributed by atoms with Crippen LogP contribution in [0.3, 0.4) is 0 Å². The minimum absolute atomic E-state index is 0.135. The van der Waals surface area contributed by atoms with Gasteiger partial charge in [-0.15, -0.1) is 10.2 Å². The van der Waals surface area contributed by atoms with Gasteiger partial charge in [-0.05, 0) is 31.4 Å². The second-order valence-corrected chi connectivity index (χ2v) is 6.75. The molecule has 0 atom stereocenters. The van der Waals surface area contributed by atoms with E-state index < -0.39 is 0 Å². The first-order chi connectivity index (χ1) is 11.2. The molecule has 1 saturated carbocycles. The van der Waals surface area contributed by atoms with Crippen LogP contribution in [-0.4, -0.2) is 31.4 Å². The van der Waals surface area contributed by atoms with E-state index >= 15 is 0 Å². The van der Waals surface area contributed by atoms with Crippen LogP contribution in [0.15, 0.2) is 23.5 Å². The SMILES string of the molecule is CCCn1c(SCC(=O)Nc2cccnc2Cl)nnc1C1CC1. The number of hydrogen-bond acceptors (Lipinski definition) is 5. The number of carbonyl (C=O) groups is 1. The monoisotopic (exact) mass is 351 g/mol. The molecule has 6 nitrogen and oxygen atoms in total. The molecule has 1 amide bonds. The van der Waals surface area contributed by atoms with Crippen LogP contribution < -0.4 is 5.32 Å². The molecule has 3 rings (SSSR count). The Morgan fingerprint density at radius 1 is 1.48 bits per heavy atom. The first kappa shape index (κ1) is 16.3. The van der Waals surface area contributed by atoms with Gasteiger partial charge < -0.3 is 9.88 Å². The molecule has 1 aliphatic rings. The second kappa shape index (κ2) is 7.31. The summed E-state index contributed by atoms with van der Waals surface area (Å²) in [6.45, 7) is 3.01. The zero-order chi connectivity index (χ0) is 16.2. The van der Waals surface area contributed by atoms with Gasteiger partial charge in [-0.25, -0.2) is 4.98 Å². The maximum atomic E-state index is 12.1. The molecule has 1 fully saturated rings. The average Bonchev–Trinajstić information content (AvgIpc) is 3.30. The summed E-state index contributed by atoms with van der Waals surface area (Å²) >= 11 is 7.34. The lowest BCUT2D eigenvalue weighted by Gasteiger charge is -2.08. The van der Waals surface area contributed by atoms with Gasteiger partial charge in [0, 0.05) is 18.7 Å². The highest BCUT2D eigenvalue weighted by molar-refractivity contribution is 7.99. The van der Waals surface area contributed by atoms with Gasteiger partial charge in [-0.3, -0.25) is 4.79 Å². The Balaban J connectivity index is 1.61. The van der Waals surface area contributed by atoms with E-state index in [2.05, 4.69) is 32.0 Å². The number of pyridine rings is 1. The van der Waals surface area contributed by atoms with Crippen molar-refractivity contribution in [1.82, 2.24) is 19.7 Å². The highest BCUT2D eigenvalue weighted by Crippen LogP contribution is 2.40. The van der Waals surface area contributed by atoms with E-state index in [-0.39, 0.29) is 16.8 Å². The maximum Gasteiger partial charge on any atom is 0.234 e. The molecule has 0 spiro atoms. The third kappa shape index (κ3) is 4.03. The van der Waals surface area contributed by atoms with Gasteiger partial charge in [-0.1, -0.05) is 30.3 Å². The fourth-order valence-electron chi connectivity index (χ4n) is 2.28. The molecule has 0 saturated heterocycles. The van der Waals surface area contributed by atoms with Crippen molar-refractivity contribution < 1.29 is 4.79 Å². The van der Waals surface area contributed by atoms with Gasteiger partial charge in [0.25, 0.3) is 0 Å².